The quantitative estimate of drug-likeness (QED) is 0.735. The molecule has 0 spiro atoms. The first-order valence-electron chi connectivity index (χ1n) is 6.80. The predicted octanol–water partition coefficient (Wildman–Crippen LogP) is 3.50. The average molecular weight is 227 g/mol. The number of likely N-dealkylation sites (tertiary alicyclic amines) is 1. The highest BCUT2D eigenvalue weighted by molar-refractivity contribution is 5.84. The second-order valence-electron chi connectivity index (χ2n) is 4.93. The fraction of sp³-hybridized carbons (Fsp3) is 0.929. The molecule has 16 heavy (non-hydrogen) atoms. The minimum atomic E-state index is -0.0682. The van der Waals surface area contributed by atoms with E-state index in [9.17, 15) is 4.79 Å². The SMILES string of the molecule is CC.CCCCC1(C)CN(C)CCCC1=O. The first-order valence-corrected chi connectivity index (χ1v) is 6.80. The van der Waals surface area contributed by atoms with E-state index in [1.165, 1.54) is 12.8 Å². The van der Waals surface area contributed by atoms with Crippen LogP contribution in [0.2, 0.25) is 0 Å². The van der Waals surface area contributed by atoms with Crippen LogP contribution in [0.4, 0.5) is 0 Å². The molecular weight excluding hydrogens is 198 g/mol. The molecule has 1 unspecified atom stereocenters. The molecule has 1 saturated heterocycles. The zero-order chi connectivity index (χ0) is 12.6. The summed E-state index contributed by atoms with van der Waals surface area (Å²) in [4.78, 5) is 14.3. The van der Waals surface area contributed by atoms with Crippen molar-refractivity contribution < 1.29 is 4.79 Å². The summed E-state index contributed by atoms with van der Waals surface area (Å²) < 4.78 is 0. The third-order valence-corrected chi connectivity index (χ3v) is 3.32. The summed E-state index contributed by atoms with van der Waals surface area (Å²) in [6.07, 6.45) is 5.25. The van der Waals surface area contributed by atoms with Crippen molar-refractivity contribution in [2.24, 2.45) is 5.41 Å². The molecule has 2 nitrogen and oxygen atoms in total. The molecule has 0 aliphatic carbocycles. The highest BCUT2D eigenvalue weighted by atomic mass is 16.1. The third kappa shape index (κ3) is 4.65. The Morgan fingerprint density at radius 2 is 2.00 bits per heavy atom. The van der Waals surface area contributed by atoms with Crippen molar-refractivity contribution in [3.8, 4) is 0 Å². The predicted molar refractivity (Wildman–Crippen MR) is 70.7 cm³/mol. The lowest BCUT2D eigenvalue weighted by Gasteiger charge is -2.29. The molecule has 2 heteroatoms. The molecule has 1 fully saturated rings. The zero-order valence-electron chi connectivity index (χ0n) is 11.8. The van der Waals surface area contributed by atoms with E-state index in [0.717, 1.165) is 32.4 Å². The number of unbranched alkanes of at least 4 members (excludes halogenated alkanes) is 1. The summed E-state index contributed by atoms with van der Waals surface area (Å²) >= 11 is 0. The molecule has 0 amide bonds. The number of hydrogen-bond acceptors (Lipinski definition) is 2. The summed E-state index contributed by atoms with van der Waals surface area (Å²) in [6, 6.07) is 0. The molecule has 0 bridgehead atoms. The molecule has 1 heterocycles. The molecule has 1 aliphatic heterocycles. The molecule has 0 aromatic heterocycles. The molecule has 0 N–H and O–H groups in total. The topological polar surface area (TPSA) is 20.3 Å². The standard InChI is InChI=1S/C12H23NO.C2H6/c1-4-5-8-12(2)10-13(3)9-6-7-11(12)14;1-2/h4-10H2,1-3H3;1-2H3. The summed E-state index contributed by atoms with van der Waals surface area (Å²) in [5, 5.41) is 0. The Bertz CT molecular complexity index is 203. The molecule has 0 radical (unpaired) electrons. The maximum absolute atomic E-state index is 12.0. The maximum Gasteiger partial charge on any atom is 0.140 e. The number of carbonyl (C=O) groups is 1. The van der Waals surface area contributed by atoms with Gasteiger partial charge in [0.15, 0.2) is 0 Å². The molecule has 96 valence electrons. The van der Waals surface area contributed by atoms with Gasteiger partial charge in [0.2, 0.25) is 0 Å². The van der Waals surface area contributed by atoms with E-state index in [1.54, 1.807) is 0 Å². The summed E-state index contributed by atoms with van der Waals surface area (Å²) in [6.45, 7) is 10.4. The van der Waals surface area contributed by atoms with Crippen LogP contribution in [0.3, 0.4) is 0 Å². The van der Waals surface area contributed by atoms with Gasteiger partial charge in [-0.1, -0.05) is 40.5 Å². The maximum atomic E-state index is 12.0. The van der Waals surface area contributed by atoms with Crippen LogP contribution in [0, 0.1) is 5.41 Å². The smallest absolute Gasteiger partial charge is 0.140 e. The Hall–Kier alpha value is -0.370. The first kappa shape index (κ1) is 15.6. The van der Waals surface area contributed by atoms with Gasteiger partial charge < -0.3 is 4.90 Å². The van der Waals surface area contributed by atoms with Gasteiger partial charge in [0, 0.05) is 18.4 Å². The largest absolute Gasteiger partial charge is 0.305 e. The van der Waals surface area contributed by atoms with Crippen LogP contribution in [0.25, 0.3) is 0 Å². The third-order valence-electron chi connectivity index (χ3n) is 3.32. The molecule has 0 aromatic carbocycles. The highest BCUT2D eigenvalue weighted by Crippen LogP contribution is 2.30. The number of Topliss-reactive ketones (excluding diaryl/α,β-unsaturated/α-hetero) is 1. The lowest BCUT2D eigenvalue weighted by Crippen LogP contribution is -2.36. The van der Waals surface area contributed by atoms with Gasteiger partial charge in [-0.3, -0.25) is 4.79 Å². The first-order chi connectivity index (χ1) is 7.58. The lowest BCUT2D eigenvalue weighted by molar-refractivity contribution is -0.128. The van der Waals surface area contributed by atoms with E-state index < -0.39 is 0 Å². The van der Waals surface area contributed by atoms with Crippen LogP contribution >= 0.6 is 0 Å². The van der Waals surface area contributed by atoms with Gasteiger partial charge in [0.1, 0.15) is 5.78 Å². The van der Waals surface area contributed by atoms with Gasteiger partial charge in [-0.05, 0) is 26.4 Å². The minimum absolute atomic E-state index is 0.0682. The Labute approximate surface area is 101 Å². The van der Waals surface area contributed by atoms with Crippen molar-refractivity contribution >= 4 is 5.78 Å². The van der Waals surface area contributed by atoms with Crippen LogP contribution in [-0.4, -0.2) is 30.8 Å². The van der Waals surface area contributed by atoms with Crippen LogP contribution in [0.15, 0.2) is 0 Å². The van der Waals surface area contributed by atoms with Gasteiger partial charge in [-0.15, -0.1) is 0 Å². The van der Waals surface area contributed by atoms with Crippen LogP contribution in [0.1, 0.15) is 59.8 Å². The van der Waals surface area contributed by atoms with Gasteiger partial charge in [-0.2, -0.15) is 0 Å². The lowest BCUT2D eigenvalue weighted by atomic mass is 9.79. The monoisotopic (exact) mass is 227 g/mol. The van der Waals surface area contributed by atoms with Crippen LogP contribution in [0.5, 0.6) is 0 Å². The van der Waals surface area contributed by atoms with E-state index in [2.05, 4.69) is 25.8 Å². The van der Waals surface area contributed by atoms with Gasteiger partial charge in [0.05, 0.1) is 0 Å². The van der Waals surface area contributed by atoms with Crippen molar-refractivity contribution in [1.82, 2.24) is 4.90 Å². The fourth-order valence-corrected chi connectivity index (χ4v) is 2.36. The van der Waals surface area contributed by atoms with Crippen molar-refractivity contribution in [3.63, 3.8) is 0 Å². The van der Waals surface area contributed by atoms with E-state index in [1.807, 2.05) is 13.8 Å². The van der Waals surface area contributed by atoms with E-state index >= 15 is 0 Å². The Kier molecular flexibility index (Phi) is 7.65. The number of ketones is 1. The summed E-state index contributed by atoms with van der Waals surface area (Å²) in [7, 11) is 2.13. The Morgan fingerprint density at radius 1 is 1.38 bits per heavy atom. The second-order valence-corrected chi connectivity index (χ2v) is 4.93. The molecule has 1 aliphatic rings. The normalized spacial score (nSPS) is 26.9. The van der Waals surface area contributed by atoms with Crippen LogP contribution in [-0.2, 0) is 4.79 Å². The molecule has 0 aromatic rings. The molecule has 1 rings (SSSR count). The highest BCUT2D eigenvalue weighted by Gasteiger charge is 2.34. The van der Waals surface area contributed by atoms with E-state index in [4.69, 9.17) is 0 Å². The summed E-state index contributed by atoms with van der Waals surface area (Å²) in [5.74, 6) is 0.482. The van der Waals surface area contributed by atoms with E-state index in [-0.39, 0.29) is 5.41 Å². The van der Waals surface area contributed by atoms with E-state index in [0.29, 0.717) is 5.78 Å². The minimum Gasteiger partial charge on any atom is -0.305 e. The number of carbonyl (C=O) groups excluding carboxylic acids is 1. The molecule has 1 atom stereocenters. The Morgan fingerprint density at radius 3 is 2.56 bits per heavy atom. The number of hydrogen-bond donors (Lipinski definition) is 0. The second kappa shape index (κ2) is 7.83. The zero-order valence-corrected chi connectivity index (χ0v) is 11.8. The average Bonchev–Trinajstić information content (AvgIpc) is 2.40. The Balaban J connectivity index is 0.00000106. The van der Waals surface area contributed by atoms with Crippen molar-refractivity contribution in [1.29, 1.82) is 0 Å². The number of nitrogens with zero attached hydrogens (tertiary/aromatic N) is 1. The molecular formula is C14H29NO. The summed E-state index contributed by atoms with van der Waals surface area (Å²) in [5.41, 5.74) is -0.0682. The van der Waals surface area contributed by atoms with Crippen LogP contribution < -0.4 is 0 Å². The van der Waals surface area contributed by atoms with Crippen molar-refractivity contribution in [2.75, 3.05) is 20.1 Å². The fourth-order valence-electron chi connectivity index (χ4n) is 2.36. The van der Waals surface area contributed by atoms with Crippen molar-refractivity contribution in [3.05, 3.63) is 0 Å². The van der Waals surface area contributed by atoms with Gasteiger partial charge >= 0.3 is 0 Å². The number of rotatable bonds is 3. The van der Waals surface area contributed by atoms with Gasteiger partial charge in [0.25, 0.3) is 0 Å². The van der Waals surface area contributed by atoms with Gasteiger partial charge in [-0.25, -0.2) is 0 Å². The molecule has 0 saturated carbocycles. The van der Waals surface area contributed by atoms with Crippen molar-refractivity contribution in [2.45, 2.75) is 59.8 Å².